The number of nitrogens with zero attached hydrogens (tertiary/aromatic N) is 1. The molecule has 0 spiro atoms. The molecule has 0 radical (unpaired) electrons. The van der Waals surface area contributed by atoms with Crippen LogP contribution >= 0.6 is 11.3 Å². The van der Waals surface area contributed by atoms with E-state index < -0.39 is 6.10 Å². The molecule has 0 saturated carbocycles. The summed E-state index contributed by atoms with van der Waals surface area (Å²) in [5.74, 6) is 0. The van der Waals surface area contributed by atoms with Gasteiger partial charge in [-0.1, -0.05) is 19.4 Å². The molecule has 1 atom stereocenters. The summed E-state index contributed by atoms with van der Waals surface area (Å²) in [7, 11) is 0. The Kier molecular flexibility index (Phi) is 12.3. The zero-order chi connectivity index (χ0) is 17.6. The summed E-state index contributed by atoms with van der Waals surface area (Å²) >= 11 is 1.72. The Balaban J connectivity index is 2.52. The number of aliphatic hydroxyl groups is 1. The summed E-state index contributed by atoms with van der Waals surface area (Å²) in [4.78, 5) is 3.44. The quantitative estimate of drug-likeness (QED) is 0.385. The van der Waals surface area contributed by atoms with E-state index in [1.807, 2.05) is 19.9 Å². The smallest absolute Gasteiger partial charge is 0.170 e. The van der Waals surface area contributed by atoms with Crippen molar-refractivity contribution in [1.82, 2.24) is 4.90 Å². The minimum atomic E-state index is -0.509. The Morgan fingerprint density at radius 1 is 1.17 bits per heavy atom. The first-order chi connectivity index (χ1) is 11.7. The average Bonchev–Trinajstić information content (AvgIpc) is 3.05. The molecule has 6 heteroatoms. The van der Waals surface area contributed by atoms with E-state index in [0.29, 0.717) is 39.5 Å². The number of aliphatic hydroxyl groups excluding tert-OH is 1. The van der Waals surface area contributed by atoms with E-state index >= 15 is 0 Å². The Morgan fingerprint density at radius 2 is 1.92 bits per heavy atom. The van der Waals surface area contributed by atoms with Crippen LogP contribution in [0.15, 0.2) is 17.5 Å². The van der Waals surface area contributed by atoms with Gasteiger partial charge in [-0.15, -0.1) is 11.3 Å². The van der Waals surface area contributed by atoms with Gasteiger partial charge in [0.2, 0.25) is 0 Å². The highest BCUT2D eigenvalue weighted by Gasteiger charge is 2.18. The Morgan fingerprint density at radius 3 is 2.50 bits per heavy atom. The normalized spacial score (nSPS) is 13.1. The van der Waals surface area contributed by atoms with Gasteiger partial charge in [-0.2, -0.15) is 0 Å². The molecule has 0 aromatic carbocycles. The molecule has 1 aromatic rings. The van der Waals surface area contributed by atoms with E-state index in [1.165, 1.54) is 4.88 Å². The Bertz CT molecular complexity index is 382. The molecule has 1 N–H and O–H groups in total. The highest BCUT2D eigenvalue weighted by molar-refractivity contribution is 7.09. The number of thiophene rings is 1. The molecule has 0 bridgehead atoms. The minimum Gasteiger partial charge on any atom is -0.389 e. The molecule has 0 amide bonds. The van der Waals surface area contributed by atoms with Gasteiger partial charge in [0.25, 0.3) is 0 Å². The minimum absolute atomic E-state index is 0.270. The third-order valence-corrected chi connectivity index (χ3v) is 4.35. The third kappa shape index (κ3) is 9.71. The summed E-state index contributed by atoms with van der Waals surface area (Å²) in [5, 5.41) is 12.3. The Labute approximate surface area is 150 Å². The fourth-order valence-corrected chi connectivity index (χ4v) is 3.13. The van der Waals surface area contributed by atoms with Crippen LogP contribution in [0.25, 0.3) is 0 Å². The molecule has 0 aliphatic carbocycles. The second-order valence-electron chi connectivity index (χ2n) is 5.70. The number of rotatable bonds is 15. The summed E-state index contributed by atoms with van der Waals surface area (Å²) in [5.41, 5.74) is 0. The van der Waals surface area contributed by atoms with Crippen molar-refractivity contribution in [2.75, 3.05) is 39.5 Å². The zero-order valence-corrected chi connectivity index (χ0v) is 16.1. The maximum absolute atomic E-state index is 10.3. The summed E-state index contributed by atoms with van der Waals surface area (Å²) in [6, 6.07) is 4.16. The zero-order valence-electron chi connectivity index (χ0n) is 15.3. The Hall–Kier alpha value is -0.500. The summed E-state index contributed by atoms with van der Waals surface area (Å²) < 4.78 is 16.8. The van der Waals surface area contributed by atoms with Crippen molar-refractivity contribution in [2.24, 2.45) is 0 Å². The molecule has 24 heavy (non-hydrogen) atoms. The lowest BCUT2D eigenvalue weighted by Gasteiger charge is -2.28. The van der Waals surface area contributed by atoms with Crippen LogP contribution in [0.4, 0.5) is 0 Å². The van der Waals surface area contributed by atoms with E-state index in [9.17, 15) is 5.11 Å². The van der Waals surface area contributed by atoms with Crippen molar-refractivity contribution in [3.63, 3.8) is 0 Å². The molecular weight excluding hydrogens is 326 g/mol. The molecular formula is C18H33NO4S. The van der Waals surface area contributed by atoms with Gasteiger partial charge in [-0.3, -0.25) is 4.90 Å². The standard InChI is InChI=1S/C18H33NO4S/c1-4-7-10-21-15-16(20)12-19(13-17-9-8-11-24-17)14-18(22-5-2)23-6-3/h8-9,11,16,18,20H,4-7,10,12-15H2,1-3H3. The highest BCUT2D eigenvalue weighted by Crippen LogP contribution is 2.13. The molecule has 1 rings (SSSR count). The van der Waals surface area contributed by atoms with Gasteiger partial charge in [0.05, 0.1) is 12.7 Å². The molecule has 0 aliphatic heterocycles. The number of unbranched alkanes of at least 4 members (excludes halogenated alkanes) is 1. The molecule has 0 fully saturated rings. The maximum Gasteiger partial charge on any atom is 0.170 e. The predicted octanol–water partition coefficient (Wildman–Crippen LogP) is 3.13. The van der Waals surface area contributed by atoms with Crippen LogP contribution < -0.4 is 0 Å². The van der Waals surface area contributed by atoms with Gasteiger partial charge in [0.1, 0.15) is 0 Å². The molecule has 0 saturated heterocycles. The first kappa shape index (κ1) is 21.5. The SMILES string of the molecule is CCCCOCC(O)CN(Cc1cccs1)CC(OCC)OCC. The summed E-state index contributed by atoms with van der Waals surface area (Å²) in [6.07, 6.45) is 1.35. The number of hydrogen-bond acceptors (Lipinski definition) is 6. The van der Waals surface area contributed by atoms with Gasteiger partial charge in [0, 0.05) is 44.3 Å². The van der Waals surface area contributed by atoms with Gasteiger partial charge in [-0.25, -0.2) is 0 Å². The second-order valence-corrected chi connectivity index (χ2v) is 6.73. The van der Waals surface area contributed by atoms with Crippen LogP contribution in [0.3, 0.4) is 0 Å². The van der Waals surface area contributed by atoms with Gasteiger partial charge < -0.3 is 19.3 Å². The first-order valence-corrected chi connectivity index (χ1v) is 9.81. The first-order valence-electron chi connectivity index (χ1n) is 8.93. The lowest BCUT2D eigenvalue weighted by Crippen LogP contribution is -2.40. The van der Waals surface area contributed by atoms with Gasteiger partial charge in [-0.05, 0) is 31.7 Å². The van der Waals surface area contributed by atoms with Crippen molar-refractivity contribution in [1.29, 1.82) is 0 Å². The molecule has 1 aromatic heterocycles. The van der Waals surface area contributed by atoms with Crippen LogP contribution in [-0.2, 0) is 20.8 Å². The fourth-order valence-electron chi connectivity index (χ4n) is 2.38. The average molecular weight is 360 g/mol. The van der Waals surface area contributed by atoms with Gasteiger partial charge >= 0.3 is 0 Å². The third-order valence-electron chi connectivity index (χ3n) is 3.49. The molecule has 0 aliphatic rings. The highest BCUT2D eigenvalue weighted by atomic mass is 32.1. The monoisotopic (exact) mass is 359 g/mol. The van der Waals surface area contributed by atoms with Crippen LogP contribution in [-0.4, -0.2) is 61.9 Å². The summed E-state index contributed by atoms with van der Waals surface area (Å²) in [6.45, 7) is 10.3. The molecule has 1 heterocycles. The van der Waals surface area contributed by atoms with Crippen molar-refractivity contribution >= 4 is 11.3 Å². The fraction of sp³-hybridized carbons (Fsp3) is 0.778. The molecule has 5 nitrogen and oxygen atoms in total. The van der Waals surface area contributed by atoms with Crippen LogP contribution in [0.2, 0.25) is 0 Å². The van der Waals surface area contributed by atoms with E-state index in [4.69, 9.17) is 14.2 Å². The van der Waals surface area contributed by atoms with Crippen LogP contribution in [0, 0.1) is 0 Å². The topological polar surface area (TPSA) is 51.2 Å². The van der Waals surface area contributed by atoms with Crippen molar-refractivity contribution in [3.05, 3.63) is 22.4 Å². The second kappa shape index (κ2) is 13.8. The predicted molar refractivity (Wildman–Crippen MR) is 98.4 cm³/mol. The van der Waals surface area contributed by atoms with Crippen molar-refractivity contribution in [3.8, 4) is 0 Å². The van der Waals surface area contributed by atoms with Crippen LogP contribution in [0.5, 0.6) is 0 Å². The van der Waals surface area contributed by atoms with Gasteiger partial charge in [0.15, 0.2) is 6.29 Å². The van der Waals surface area contributed by atoms with E-state index in [2.05, 4.69) is 23.3 Å². The van der Waals surface area contributed by atoms with E-state index in [1.54, 1.807) is 11.3 Å². The number of hydrogen-bond donors (Lipinski definition) is 1. The lowest BCUT2D eigenvalue weighted by molar-refractivity contribution is -0.150. The van der Waals surface area contributed by atoms with Crippen molar-refractivity contribution < 1.29 is 19.3 Å². The molecule has 1 unspecified atom stereocenters. The largest absolute Gasteiger partial charge is 0.389 e. The van der Waals surface area contributed by atoms with Crippen molar-refractivity contribution in [2.45, 2.75) is 52.6 Å². The lowest BCUT2D eigenvalue weighted by atomic mass is 10.3. The van der Waals surface area contributed by atoms with E-state index in [-0.39, 0.29) is 6.29 Å². The maximum atomic E-state index is 10.3. The van der Waals surface area contributed by atoms with E-state index in [0.717, 1.165) is 19.4 Å². The van der Waals surface area contributed by atoms with Crippen LogP contribution in [0.1, 0.15) is 38.5 Å². The number of ether oxygens (including phenoxy) is 3. The molecule has 140 valence electrons.